The molecule has 2 unspecified atom stereocenters. The number of thioether (sulfide) groups is 2. The van der Waals surface area contributed by atoms with Gasteiger partial charge in [-0.2, -0.15) is 11.8 Å². The molecule has 1 amide bonds. The average Bonchev–Trinajstić information content (AvgIpc) is 2.66. The molecular formula is C20H21NO3S2. The van der Waals surface area contributed by atoms with E-state index in [1.165, 1.54) is 22.9 Å². The third-order valence-corrected chi connectivity index (χ3v) is 6.75. The molecule has 2 aromatic carbocycles. The Hall–Kier alpha value is -1.92. The van der Waals surface area contributed by atoms with Crippen molar-refractivity contribution in [2.24, 2.45) is 0 Å². The molecule has 26 heavy (non-hydrogen) atoms. The molecule has 0 spiro atoms. The number of aliphatic carboxylic acids is 1. The molecule has 0 saturated carbocycles. The number of fused-ring (bicyclic) bond motifs is 1. The fourth-order valence-electron chi connectivity index (χ4n) is 2.92. The quantitative estimate of drug-likeness (QED) is 0.733. The summed E-state index contributed by atoms with van der Waals surface area (Å²) in [5.41, 5.74) is 3.18. The van der Waals surface area contributed by atoms with Gasteiger partial charge in [-0.05, 0) is 42.4 Å². The third kappa shape index (κ3) is 4.43. The second-order valence-electron chi connectivity index (χ2n) is 6.11. The van der Waals surface area contributed by atoms with Gasteiger partial charge >= 0.3 is 5.97 Å². The van der Waals surface area contributed by atoms with Gasteiger partial charge in [0.1, 0.15) is 5.25 Å². The molecular weight excluding hydrogens is 366 g/mol. The summed E-state index contributed by atoms with van der Waals surface area (Å²) in [6.07, 6.45) is 1.07. The molecule has 2 aromatic rings. The van der Waals surface area contributed by atoms with Crippen LogP contribution in [0, 0.1) is 0 Å². The molecule has 6 heteroatoms. The molecule has 4 nitrogen and oxygen atoms in total. The molecule has 136 valence electrons. The second-order valence-corrected chi connectivity index (χ2v) is 8.81. The van der Waals surface area contributed by atoms with Gasteiger partial charge in [0.15, 0.2) is 0 Å². The Morgan fingerprint density at radius 3 is 2.77 bits per heavy atom. The zero-order chi connectivity index (χ0) is 18.5. The maximum Gasteiger partial charge on any atom is 0.316 e. The van der Waals surface area contributed by atoms with Crippen LogP contribution in [0.2, 0.25) is 0 Å². The van der Waals surface area contributed by atoms with Gasteiger partial charge in [-0.1, -0.05) is 36.4 Å². The molecule has 0 bridgehead atoms. The van der Waals surface area contributed by atoms with Crippen molar-refractivity contribution < 1.29 is 14.7 Å². The fourth-order valence-corrected chi connectivity index (χ4v) is 5.08. The highest BCUT2D eigenvalue weighted by atomic mass is 32.2. The summed E-state index contributed by atoms with van der Waals surface area (Å²) in [4.78, 5) is 24.5. The van der Waals surface area contributed by atoms with Crippen LogP contribution >= 0.6 is 23.5 Å². The summed E-state index contributed by atoms with van der Waals surface area (Å²) in [5, 5.41) is 11.8. The van der Waals surface area contributed by atoms with Gasteiger partial charge in [-0.3, -0.25) is 9.59 Å². The zero-order valence-corrected chi connectivity index (χ0v) is 16.1. The highest BCUT2D eigenvalue weighted by Gasteiger charge is 2.22. The molecule has 0 aromatic heterocycles. The van der Waals surface area contributed by atoms with Crippen molar-refractivity contribution in [3.05, 3.63) is 65.2 Å². The number of nitrogens with one attached hydrogen (secondary N) is 1. The average molecular weight is 388 g/mol. The van der Waals surface area contributed by atoms with E-state index in [4.69, 9.17) is 5.11 Å². The van der Waals surface area contributed by atoms with E-state index >= 15 is 0 Å². The normalized spacial score (nSPS) is 17.2. The molecule has 2 atom stereocenters. The largest absolute Gasteiger partial charge is 0.480 e. The summed E-state index contributed by atoms with van der Waals surface area (Å²) >= 11 is 3.06. The lowest BCUT2D eigenvalue weighted by Crippen LogP contribution is -2.29. The van der Waals surface area contributed by atoms with Crippen LogP contribution in [0.4, 0.5) is 0 Å². The highest BCUT2D eigenvalue weighted by molar-refractivity contribution is 8.00. The first-order valence-electron chi connectivity index (χ1n) is 8.52. The van der Waals surface area contributed by atoms with E-state index in [0.29, 0.717) is 17.0 Å². The van der Waals surface area contributed by atoms with Crippen LogP contribution in [-0.4, -0.2) is 34.5 Å². The monoisotopic (exact) mass is 387 g/mol. The van der Waals surface area contributed by atoms with Gasteiger partial charge in [0.25, 0.3) is 5.91 Å². The molecule has 0 radical (unpaired) electrons. The van der Waals surface area contributed by atoms with Gasteiger partial charge in [-0.25, -0.2) is 0 Å². The predicted molar refractivity (Wildman–Crippen MR) is 107 cm³/mol. The fraction of sp³-hybridized carbons (Fsp3) is 0.300. The summed E-state index contributed by atoms with van der Waals surface area (Å²) in [7, 11) is 0. The Bertz CT molecular complexity index is 809. The number of hydrogen-bond donors (Lipinski definition) is 2. The molecule has 0 saturated heterocycles. The van der Waals surface area contributed by atoms with E-state index in [1.54, 1.807) is 25.1 Å². The zero-order valence-electron chi connectivity index (χ0n) is 14.5. The number of rotatable bonds is 6. The molecule has 2 N–H and O–H groups in total. The van der Waals surface area contributed by atoms with Crippen molar-refractivity contribution in [2.75, 3.05) is 12.3 Å². The lowest BCUT2D eigenvalue weighted by atomic mass is 10.0. The van der Waals surface area contributed by atoms with E-state index in [2.05, 4.69) is 23.5 Å². The van der Waals surface area contributed by atoms with Crippen LogP contribution in [0.3, 0.4) is 0 Å². The third-order valence-electron chi connectivity index (χ3n) is 4.32. The van der Waals surface area contributed by atoms with Crippen LogP contribution in [-0.2, 0) is 11.2 Å². The topological polar surface area (TPSA) is 66.4 Å². The first-order chi connectivity index (χ1) is 12.6. The molecule has 1 heterocycles. The van der Waals surface area contributed by atoms with Gasteiger partial charge in [-0.15, -0.1) is 11.8 Å². The summed E-state index contributed by atoms with van der Waals surface area (Å²) in [6.45, 7) is 2.19. The van der Waals surface area contributed by atoms with Crippen molar-refractivity contribution in [3.8, 4) is 0 Å². The first kappa shape index (κ1) is 18.9. The SMILES string of the molecule is CC(Sc1ccccc1C(=O)NCC1SCCc2ccccc21)C(=O)O. The van der Waals surface area contributed by atoms with Gasteiger partial charge in [0.2, 0.25) is 0 Å². The van der Waals surface area contributed by atoms with Crippen molar-refractivity contribution in [1.29, 1.82) is 0 Å². The van der Waals surface area contributed by atoms with Crippen LogP contribution in [0.25, 0.3) is 0 Å². The number of hydrogen-bond acceptors (Lipinski definition) is 4. The summed E-state index contributed by atoms with van der Waals surface area (Å²) in [5.74, 6) is 0.00916. The Kier molecular flexibility index (Phi) is 6.27. The van der Waals surface area contributed by atoms with Crippen molar-refractivity contribution in [2.45, 2.75) is 28.7 Å². The van der Waals surface area contributed by atoms with Gasteiger partial charge in [0.05, 0.1) is 5.56 Å². The van der Waals surface area contributed by atoms with E-state index in [0.717, 1.165) is 12.2 Å². The van der Waals surface area contributed by atoms with Crippen LogP contribution < -0.4 is 5.32 Å². The Morgan fingerprint density at radius 1 is 1.23 bits per heavy atom. The molecule has 0 aliphatic carbocycles. The molecule has 1 aliphatic rings. The molecule has 3 rings (SSSR count). The number of carboxylic acid groups (broad SMARTS) is 1. The van der Waals surface area contributed by atoms with Gasteiger partial charge < -0.3 is 10.4 Å². The van der Waals surface area contributed by atoms with Crippen molar-refractivity contribution in [1.82, 2.24) is 5.32 Å². The van der Waals surface area contributed by atoms with E-state index < -0.39 is 11.2 Å². The summed E-state index contributed by atoms with van der Waals surface area (Å²) in [6, 6.07) is 15.5. The number of carboxylic acids is 1. The second kappa shape index (κ2) is 8.64. The molecule has 1 aliphatic heterocycles. The van der Waals surface area contributed by atoms with E-state index in [1.807, 2.05) is 23.9 Å². The number of carbonyl (C=O) groups is 2. The highest BCUT2D eigenvalue weighted by Crippen LogP contribution is 2.36. The Balaban J connectivity index is 1.69. The Morgan fingerprint density at radius 2 is 1.96 bits per heavy atom. The standard InChI is InChI=1S/C20H21NO3S2/c1-13(20(23)24)26-17-9-5-4-8-16(17)19(22)21-12-18-15-7-3-2-6-14(15)10-11-25-18/h2-9,13,18H,10-12H2,1H3,(H,21,22)(H,23,24). The smallest absolute Gasteiger partial charge is 0.316 e. The number of amides is 1. The van der Waals surface area contributed by atoms with Crippen molar-refractivity contribution >= 4 is 35.4 Å². The minimum absolute atomic E-state index is 0.158. The van der Waals surface area contributed by atoms with E-state index in [9.17, 15) is 9.59 Å². The van der Waals surface area contributed by atoms with Crippen LogP contribution in [0.1, 0.15) is 33.7 Å². The van der Waals surface area contributed by atoms with E-state index in [-0.39, 0.29) is 11.2 Å². The van der Waals surface area contributed by atoms with Crippen LogP contribution in [0.5, 0.6) is 0 Å². The lowest BCUT2D eigenvalue weighted by Gasteiger charge is -2.25. The first-order valence-corrected chi connectivity index (χ1v) is 10.4. The minimum atomic E-state index is -0.888. The Labute approximate surface area is 161 Å². The lowest BCUT2D eigenvalue weighted by molar-refractivity contribution is -0.136. The minimum Gasteiger partial charge on any atom is -0.480 e. The maximum absolute atomic E-state index is 12.7. The number of benzene rings is 2. The molecule has 0 fully saturated rings. The number of aryl methyl sites for hydroxylation is 1. The van der Waals surface area contributed by atoms with Crippen LogP contribution in [0.15, 0.2) is 53.4 Å². The predicted octanol–water partition coefficient (Wildman–Crippen LogP) is 4.01. The van der Waals surface area contributed by atoms with Crippen molar-refractivity contribution in [3.63, 3.8) is 0 Å². The van der Waals surface area contributed by atoms with Gasteiger partial charge in [0, 0.05) is 16.7 Å². The number of carbonyl (C=O) groups excluding carboxylic acids is 1. The summed E-state index contributed by atoms with van der Waals surface area (Å²) < 4.78 is 0. The maximum atomic E-state index is 12.7.